The SMILES string of the molecule is [2H]c1c([2H])c(N(c2ccccc2)c2ccc3c(c2)C2(c4ccccc4-c4ccccc42)c2ccccc2-3)c([2H])c([2H])c1-c1cccc2c(N(c3ccc4ccccc4c3)c3ccc4c(c3)c3ccccc3n4-c3ccccc3)cccc12. The van der Waals surface area contributed by atoms with Crippen molar-refractivity contribution in [3.8, 4) is 39.1 Å². The molecule has 14 aromatic rings. The standard InChI is InChI=1S/C75H49N3/c1-3-21-53(22-4-1)76(58-43-45-64-63-27-11-15-34-70(63)75(71(64)49-58)68-32-13-9-25-61(68)62-26-10-14-33-69(62)75)55-40-38-51(39-41-55)59-29-17-31-65-60(59)30-18-36-72(65)77(56-42-37-50-19-7-8-20-52(50)47-56)57-44-46-74-67(48-57)66-28-12-16-35-73(66)78(74)54-23-5-2-6-24-54/h1-49H/i38D,39D,40D,41D. The van der Waals surface area contributed by atoms with Gasteiger partial charge in [-0.15, -0.1) is 0 Å². The van der Waals surface area contributed by atoms with Gasteiger partial charge in [0.25, 0.3) is 0 Å². The number of rotatable bonds is 8. The molecule has 0 fully saturated rings. The van der Waals surface area contributed by atoms with E-state index in [0.717, 1.165) is 88.6 Å². The number of fused-ring (bicyclic) bond motifs is 15. The van der Waals surface area contributed by atoms with Crippen molar-refractivity contribution in [3.05, 3.63) is 319 Å². The first-order valence-electron chi connectivity index (χ1n) is 28.7. The molecule has 3 nitrogen and oxygen atoms in total. The van der Waals surface area contributed by atoms with Gasteiger partial charge in [0.15, 0.2) is 0 Å². The minimum Gasteiger partial charge on any atom is -0.310 e. The fourth-order valence-corrected chi connectivity index (χ4v) is 13.2. The van der Waals surface area contributed by atoms with Crippen molar-refractivity contribution in [1.82, 2.24) is 4.57 Å². The van der Waals surface area contributed by atoms with Gasteiger partial charge >= 0.3 is 0 Å². The zero-order valence-corrected chi connectivity index (χ0v) is 42.3. The average molecular weight is 996 g/mol. The van der Waals surface area contributed by atoms with Crippen molar-refractivity contribution in [1.29, 1.82) is 0 Å². The number of hydrogen-bond donors (Lipinski definition) is 0. The van der Waals surface area contributed by atoms with Crippen LogP contribution in [0.5, 0.6) is 0 Å². The van der Waals surface area contributed by atoms with Crippen LogP contribution < -0.4 is 9.80 Å². The third-order valence-electron chi connectivity index (χ3n) is 16.4. The van der Waals surface area contributed by atoms with Gasteiger partial charge in [-0.1, -0.05) is 206 Å². The number of aromatic nitrogens is 1. The monoisotopic (exact) mass is 995 g/mol. The Hall–Kier alpha value is -10.2. The second-order valence-electron chi connectivity index (χ2n) is 20.4. The molecular weight excluding hydrogens is 943 g/mol. The molecule has 78 heavy (non-hydrogen) atoms. The molecule has 0 atom stereocenters. The third kappa shape index (κ3) is 6.52. The van der Waals surface area contributed by atoms with E-state index in [0.29, 0.717) is 5.56 Å². The van der Waals surface area contributed by atoms with E-state index in [1.807, 2.05) is 65.6 Å². The van der Waals surface area contributed by atoms with Crippen LogP contribution >= 0.6 is 0 Å². The quantitative estimate of drug-likeness (QED) is 0.150. The summed E-state index contributed by atoms with van der Waals surface area (Å²) in [6.07, 6.45) is 0. The Morgan fingerprint density at radius 2 is 0.821 bits per heavy atom. The second-order valence-corrected chi connectivity index (χ2v) is 20.4. The van der Waals surface area contributed by atoms with E-state index in [2.05, 4.69) is 222 Å². The van der Waals surface area contributed by atoms with E-state index in [4.69, 9.17) is 0 Å². The van der Waals surface area contributed by atoms with E-state index < -0.39 is 5.41 Å². The van der Waals surface area contributed by atoms with Crippen molar-refractivity contribution in [2.75, 3.05) is 9.80 Å². The maximum atomic E-state index is 10.1. The van der Waals surface area contributed by atoms with Crippen LogP contribution in [0.4, 0.5) is 34.1 Å². The van der Waals surface area contributed by atoms with E-state index in [1.165, 1.54) is 33.4 Å². The summed E-state index contributed by atoms with van der Waals surface area (Å²) in [6.45, 7) is 0. The first-order chi connectivity index (χ1) is 40.4. The van der Waals surface area contributed by atoms with Gasteiger partial charge in [0.2, 0.25) is 0 Å². The highest BCUT2D eigenvalue weighted by atomic mass is 15.1. The normalized spacial score (nSPS) is 13.4. The molecule has 0 amide bonds. The van der Waals surface area contributed by atoms with Gasteiger partial charge in [0, 0.05) is 50.3 Å². The third-order valence-corrected chi connectivity index (χ3v) is 16.4. The van der Waals surface area contributed by atoms with Crippen molar-refractivity contribution in [2.45, 2.75) is 5.41 Å². The minimum atomic E-state index is -0.622. The molecule has 0 unspecified atom stereocenters. The van der Waals surface area contributed by atoms with Crippen LogP contribution in [0.2, 0.25) is 0 Å². The molecule has 0 radical (unpaired) electrons. The molecule has 0 aliphatic heterocycles. The molecular formula is C75H49N3. The zero-order valence-electron chi connectivity index (χ0n) is 46.3. The number of anilines is 6. The lowest BCUT2D eigenvalue weighted by molar-refractivity contribution is 0.793. The number of hydrogen-bond acceptors (Lipinski definition) is 2. The van der Waals surface area contributed by atoms with E-state index in [1.54, 1.807) is 0 Å². The number of nitrogens with zero attached hydrogens (tertiary/aromatic N) is 3. The molecule has 1 heterocycles. The fraction of sp³-hybridized carbons (Fsp3) is 0.0133. The van der Waals surface area contributed by atoms with Crippen molar-refractivity contribution in [2.24, 2.45) is 0 Å². The Morgan fingerprint density at radius 1 is 0.295 bits per heavy atom. The molecule has 364 valence electrons. The molecule has 2 aliphatic rings. The van der Waals surface area contributed by atoms with Gasteiger partial charge in [-0.2, -0.15) is 0 Å². The first-order valence-corrected chi connectivity index (χ1v) is 26.7. The molecule has 16 rings (SSSR count). The largest absolute Gasteiger partial charge is 0.310 e. The van der Waals surface area contributed by atoms with Crippen LogP contribution in [-0.2, 0) is 5.41 Å². The van der Waals surface area contributed by atoms with Crippen molar-refractivity contribution < 1.29 is 5.48 Å². The van der Waals surface area contributed by atoms with Crippen LogP contribution in [0.25, 0.3) is 82.4 Å². The molecule has 13 aromatic carbocycles. The fourth-order valence-electron chi connectivity index (χ4n) is 13.2. The number of para-hydroxylation sites is 3. The molecule has 2 aliphatic carbocycles. The van der Waals surface area contributed by atoms with Gasteiger partial charge in [0.05, 0.1) is 27.6 Å². The molecule has 3 heteroatoms. The highest BCUT2D eigenvalue weighted by molar-refractivity contribution is 6.12. The van der Waals surface area contributed by atoms with E-state index in [-0.39, 0.29) is 35.4 Å². The summed E-state index contributed by atoms with van der Waals surface area (Å²) in [5.41, 5.74) is 17.5. The van der Waals surface area contributed by atoms with E-state index in [9.17, 15) is 5.48 Å². The van der Waals surface area contributed by atoms with Crippen LogP contribution in [0, 0.1) is 0 Å². The summed E-state index contributed by atoms with van der Waals surface area (Å²) in [5.74, 6) is 0. The van der Waals surface area contributed by atoms with Crippen LogP contribution in [-0.4, -0.2) is 4.57 Å². The lowest BCUT2D eigenvalue weighted by atomic mass is 9.70. The predicted octanol–water partition coefficient (Wildman–Crippen LogP) is 20.0. The van der Waals surface area contributed by atoms with Gasteiger partial charge in [-0.05, 0) is 163 Å². The summed E-state index contributed by atoms with van der Waals surface area (Å²) in [5, 5.41) is 6.23. The van der Waals surface area contributed by atoms with Crippen LogP contribution in [0.1, 0.15) is 27.7 Å². The Labute approximate surface area is 459 Å². The van der Waals surface area contributed by atoms with Crippen LogP contribution in [0.3, 0.4) is 0 Å². The molecule has 0 saturated heterocycles. The average Bonchev–Trinajstić information content (AvgIpc) is 2.58. The molecule has 1 spiro atoms. The Bertz CT molecular complexity index is 4860. The van der Waals surface area contributed by atoms with Gasteiger partial charge in [-0.3, -0.25) is 0 Å². The lowest BCUT2D eigenvalue weighted by Crippen LogP contribution is -2.26. The minimum absolute atomic E-state index is 0.120. The summed E-state index contributed by atoms with van der Waals surface area (Å²) in [7, 11) is 0. The second kappa shape index (κ2) is 17.4. The summed E-state index contributed by atoms with van der Waals surface area (Å²) < 4.78 is 42.7. The highest BCUT2D eigenvalue weighted by Crippen LogP contribution is 2.63. The Kier molecular flexibility index (Phi) is 8.97. The van der Waals surface area contributed by atoms with Crippen molar-refractivity contribution in [3.63, 3.8) is 0 Å². The Morgan fingerprint density at radius 3 is 1.56 bits per heavy atom. The molecule has 0 bridgehead atoms. The van der Waals surface area contributed by atoms with Gasteiger partial charge in [-0.25, -0.2) is 0 Å². The first kappa shape index (κ1) is 40.1. The summed E-state index contributed by atoms with van der Waals surface area (Å²) in [6, 6.07) is 95.0. The summed E-state index contributed by atoms with van der Waals surface area (Å²) >= 11 is 0. The van der Waals surface area contributed by atoms with Crippen molar-refractivity contribution >= 4 is 77.5 Å². The van der Waals surface area contributed by atoms with Crippen LogP contribution in [0.15, 0.2) is 297 Å². The zero-order chi connectivity index (χ0) is 54.8. The molecule has 1 aromatic heterocycles. The van der Waals surface area contributed by atoms with Gasteiger partial charge in [0.1, 0.15) is 0 Å². The Balaban J connectivity index is 0.874. The lowest BCUT2D eigenvalue weighted by Gasteiger charge is -2.32. The molecule has 0 saturated carbocycles. The van der Waals surface area contributed by atoms with E-state index >= 15 is 0 Å². The maximum absolute atomic E-state index is 10.1. The highest BCUT2D eigenvalue weighted by Gasteiger charge is 2.51. The number of benzene rings is 13. The van der Waals surface area contributed by atoms with Gasteiger partial charge < -0.3 is 14.4 Å². The predicted molar refractivity (Wildman–Crippen MR) is 327 cm³/mol. The topological polar surface area (TPSA) is 11.4 Å². The maximum Gasteiger partial charge on any atom is 0.0726 e. The molecule has 0 N–H and O–H groups in total. The summed E-state index contributed by atoms with van der Waals surface area (Å²) in [4.78, 5) is 4.23. The smallest absolute Gasteiger partial charge is 0.0726 e.